The van der Waals surface area contributed by atoms with Gasteiger partial charge in [-0.2, -0.15) is 5.10 Å². The molecule has 1 aromatic heterocycles. The van der Waals surface area contributed by atoms with Crippen LogP contribution in [-0.4, -0.2) is 15.8 Å². The summed E-state index contributed by atoms with van der Waals surface area (Å²) in [4.78, 5) is 0. The molecule has 0 radical (unpaired) electrons. The molecule has 1 atom stereocenters. The van der Waals surface area contributed by atoms with Gasteiger partial charge in [0.1, 0.15) is 0 Å². The zero-order valence-corrected chi connectivity index (χ0v) is 12.8. The molecule has 108 valence electrons. The lowest BCUT2D eigenvalue weighted by atomic mass is 9.83. The predicted octanol–water partition coefficient (Wildman–Crippen LogP) is 3.43. The molecule has 0 saturated heterocycles. The average Bonchev–Trinajstić information content (AvgIpc) is 2.81. The van der Waals surface area contributed by atoms with Crippen molar-refractivity contribution in [1.29, 1.82) is 0 Å². The zero-order chi connectivity index (χ0) is 13.7. The lowest BCUT2D eigenvalue weighted by molar-refractivity contribution is 0.260. The van der Waals surface area contributed by atoms with Crippen molar-refractivity contribution in [3.05, 3.63) is 17.5 Å². The molecule has 3 heteroatoms. The summed E-state index contributed by atoms with van der Waals surface area (Å²) >= 11 is 0. The number of aryl methyl sites for hydroxylation is 2. The minimum Gasteiger partial charge on any atom is -0.308 e. The minimum absolute atomic E-state index is 0.681. The van der Waals surface area contributed by atoms with E-state index in [9.17, 15) is 0 Å². The van der Waals surface area contributed by atoms with E-state index in [1.54, 1.807) is 0 Å². The second kappa shape index (κ2) is 7.09. The van der Waals surface area contributed by atoms with Gasteiger partial charge in [-0.25, -0.2) is 0 Å². The Kier molecular flexibility index (Phi) is 5.44. The number of nitrogens with zero attached hydrogens (tertiary/aromatic N) is 2. The van der Waals surface area contributed by atoms with Crippen molar-refractivity contribution in [1.82, 2.24) is 15.1 Å². The maximum atomic E-state index is 4.52. The molecule has 3 nitrogen and oxygen atoms in total. The first kappa shape index (κ1) is 14.6. The highest BCUT2D eigenvalue weighted by atomic mass is 15.3. The standard InChI is InChI=1S/C16H29N3/c1-4-14-11-15(19(3)18-14)12-17-16(5-2)13-9-7-6-8-10-13/h11,13,16-17H,4-10,12H2,1-3H3. The fourth-order valence-corrected chi connectivity index (χ4v) is 3.33. The Balaban J connectivity index is 1.89. The van der Waals surface area contributed by atoms with Crippen LogP contribution in [0.25, 0.3) is 0 Å². The molecule has 0 spiro atoms. The molecule has 0 aromatic carbocycles. The van der Waals surface area contributed by atoms with Gasteiger partial charge >= 0.3 is 0 Å². The summed E-state index contributed by atoms with van der Waals surface area (Å²) in [5, 5.41) is 8.29. The Morgan fingerprint density at radius 2 is 2.05 bits per heavy atom. The highest BCUT2D eigenvalue weighted by Gasteiger charge is 2.22. The van der Waals surface area contributed by atoms with E-state index in [-0.39, 0.29) is 0 Å². The van der Waals surface area contributed by atoms with Gasteiger partial charge in [0.15, 0.2) is 0 Å². The van der Waals surface area contributed by atoms with Crippen molar-refractivity contribution in [2.75, 3.05) is 0 Å². The summed E-state index contributed by atoms with van der Waals surface area (Å²) in [7, 11) is 2.05. The summed E-state index contributed by atoms with van der Waals surface area (Å²) in [5.74, 6) is 0.887. The molecule has 0 bridgehead atoms. The topological polar surface area (TPSA) is 29.9 Å². The third kappa shape index (κ3) is 3.82. The smallest absolute Gasteiger partial charge is 0.0625 e. The van der Waals surface area contributed by atoms with Crippen LogP contribution < -0.4 is 5.32 Å². The van der Waals surface area contributed by atoms with Gasteiger partial charge in [-0.1, -0.05) is 33.1 Å². The first-order valence-electron chi connectivity index (χ1n) is 7.99. The minimum atomic E-state index is 0.681. The molecule has 2 rings (SSSR count). The second-order valence-corrected chi connectivity index (χ2v) is 5.90. The normalized spacial score (nSPS) is 18.7. The predicted molar refractivity (Wildman–Crippen MR) is 80.1 cm³/mol. The summed E-state index contributed by atoms with van der Waals surface area (Å²) < 4.78 is 2.03. The van der Waals surface area contributed by atoms with Crippen LogP contribution in [0.1, 0.15) is 63.8 Å². The van der Waals surface area contributed by atoms with Gasteiger partial charge in [0.25, 0.3) is 0 Å². The Morgan fingerprint density at radius 3 is 2.63 bits per heavy atom. The number of hydrogen-bond acceptors (Lipinski definition) is 2. The van der Waals surface area contributed by atoms with Crippen molar-refractivity contribution in [3.8, 4) is 0 Å². The molecule has 0 amide bonds. The monoisotopic (exact) mass is 263 g/mol. The number of nitrogens with one attached hydrogen (secondary N) is 1. The van der Waals surface area contributed by atoms with Crippen molar-refractivity contribution in [2.24, 2.45) is 13.0 Å². The maximum absolute atomic E-state index is 4.52. The van der Waals surface area contributed by atoms with Crippen molar-refractivity contribution < 1.29 is 0 Å². The van der Waals surface area contributed by atoms with E-state index < -0.39 is 0 Å². The van der Waals surface area contributed by atoms with Crippen LogP contribution in [0.3, 0.4) is 0 Å². The van der Waals surface area contributed by atoms with E-state index in [4.69, 9.17) is 0 Å². The Morgan fingerprint density at radius 1 is 1.32 bits per heavy atom. The molecule has 1 unspecified atom stereocenters. The van der Waals surface area contributed by atoms with E-state index in [0.717, 1.165) is 18.9 Å². The SMILES string of the molecule is CCc1cc(CNC(CC)C2CCCCC2)n(C)n1. The molecule has 1 aromatic rings. The van der Waals surface area contributed by atoms with Crippen LogP contribution in [0, 0.1) is 5.92 Å². The Bertz CT molecular complexity index is 377. The van der Waals surface area contributed by atoms with Crippen molar-refractivity contribution >= 4 is 0 Å². The first-order chi connectivity index (χ1) is 9.24. The third-order valence-electron chi connectivity index (χ3n) is 4.59. The third-order valence-corrected chi connectivity index (χ3v) is 4.59. The molecular weight excluding hydrogens is 234 g/mol. The Labute approximate surface area is 117 Å². The fourth-order valence-electron chi connectivity index (χ4n) is 3.33. The van der Waals surface area contributed by atoms with Crippen LogP contribution in [0.15, 0.2) is 6.07 Å². The molecule has 1 aliphatic rings. The van der Waals surface area contributed by atoms with E-state index in [0.29, 0.717) is 6.04 Å². The van der Waals surface area contributed by atoms with Crippen LogP contribution in [0.5, 0.6) is 0 Å². The summed E-state index contributed by atoms with van der Waals surface area (Å²) in [6.45, 7) is 5.43. The summed E-state index contributed by atoms with van der Waals surface area (Å²) in [6.07, 6.45) is 9.38. The lowest BCUT2D eigenvalue weighted by Crippen LogP contribution is -2.36. The molecule has 1 saturated carbocycles. The molecule has 0 aliphatic heterocycles. The highest BCUT2D eigenvalue weighted by Crippen LogP contribution is 2.27. The van der Waals surface area contributed by atoms with Gasteiger partial charge in [-0.3, -0.25) is 4.68 Å². The molecule has 1 heterocycles. The van der Waals surface area contributed by atoms with Crippen LogP contribution in [0.2, 0.25) is 0 Å². The van der Waals surface area contributed by atoms with Gasteiger partial charge in [0, 0.05) is 19.6 Å². The highest BCUT2D eigenvalue weighted by molar-refractivity contribution is 5.10. The first-order valence-corrected chi connectivity index (χ1v) is 7.99. The molecule has 19 heavy (non-hydrogen) atoms. The fraction of sp³-hybridized carbons (Fsp3) is 0.812. The van der Waals surface area contributed by atoms with E-state index in [1.807, 2.05) is 4.68 Å². The van der Waals surface area contributed by atoms with Gasteiger partial charge in [0.05, 0.1) is 11.4 Å². The lowest BCUT2D eigenvalue weighted by Gasteiger charge is -2.30. The number of rotatable bonds is 6. The summed E-state index contributed by atoms with van der Waals surface area (Å²) in [6, 6.07) is 2.92. The Hall–Kier alpha value is -0.830. The molecular formula is C16H29N3. The molecule has 1 aliphatic carbocycles. The summed E-state index contributed by atoms with van der Waals surface area (Å²) in [5.41, 5.74) is 2.51. The van der Waals surface area contributed by atoms with Crippen molar-refractivity contribution in [3.63, 3.8) is 0 Å². The average molecular weight is 263 g/mol. The second-order valence-electron chi connectivity index (χ2n) is 5.90. The van der Waals surface area contributed by atoms with Crippen LogP contribution >= 0.6 is 0 Å². The number of hydrogen-bond donors (Lipinski definition) is 1. The largest absolute Gasteiger partial charge is 0.308 e. The van der Waals surface area contributed by atoms with Crippen LogP contribution in [0.4, 0.5) is 0 Å². The maximum Gasteiger partial charge on any atom is 0.0625 e. The van der Waals surface area contributed by atoms with Gasteiger partial charge in [-0.15, -0.1) is 0 Å². The van der Waals surface area contributed by atoms with Gasteiger partial charge in [-0.05, 0) is 37.7 Å². The quantitative estimate of drug-likeness (QED) is 0.852. The van der Waals surface area contributed by atoms with E-state index in [2.05, 4.69) is 37.4 Å². The van der Waals surface area contributed by atoms with Crippen molar-refractivity contribution in [2.45, 2.75) is 71.4 Å². The molecule has 1 fully saturated rings. The van der Waals surface area contributed by atoms with E-state index >= 15 is 0 Å². The zero-order valence-electron chi connectivity index (χ0n) is 12.8. The van der Waals surface area contributed by atoms with Crippen LogP contribution in [-0.2, 0) is 20.0 Å². The number of aromatic nitrogens is 2. The van der Waals surface area contributed by atoms with E-state index in [1.165, 1.54) is 49.9 Å². The molecule has 1 N–H and O–H groups in total. The van der Waals surface area contributed by atoms with Gasteiger partial charge in [0.2, 0.25) is 0 Å². The van der Waals surface area contributed by atoms with Gasteiger partial charge < -0.3 is 5.32 Å².